The number of carbonyl (C=O) groups is 1. The van der Waals surface area contributed by atoms with E-state index in [0.29, 0.717) is 5.92 Å². The fraction of sp³-hybridized carbons (Fsp3) is 0.611. The predicted molar refractivity (Wildman–Crippen MR) is 83.7 cm³/mol. The van der Waals surface area contributed by atoms with E-state index in [0.717, 1.165) is 25.8 Å². The molecule has 1 amide bonds. The molecule has 0 spiro atoms. The van der Waals surface area contributed by atoms with E-state index in [-0.39, 0.29) is 11.3 Å². The Morgan fingerprint density at radius 3 is 2.50 bits per heavy atom. The Labute approximate surface area is 123 Å². The lowest BCUT2D eigenvalue weighted by atomic mass is 9.94. The van der Waals surface area contributed by atoms with Gasteiger partial charge in [0.1, 0.15) is 0 Å². The number of hydrogen-bond acceptors (Lipinski definition) is 1. The van der Waals surface area contributed by atoms with Crippen molar-refractivity contribution in [3.8, 4) is 0 Å². The Morgan fingerprint density at radius 2 is 1.95 bits per heavy atom. The fourth-order valence-corrected chi connectivity index (χ4v) is 2.88. The van der Waals surface area contributed by atoms with Gasteiger partial charge in [0.15, 0.2) is 0 Å². The minimum atomic E-state index is -0.218. The normalized spacial score (nSPS) is 17.5. The molecule has 1 atom stereocenters. The minimum absolute atomic E-state index is 0.218. The zero-order chi connectivity index (χ0) is 14.4. The Kier molecular flexibility index (Phi) is 5.22. The highest BCUT2D eigenvalue weighted by Crippen LogP contribution is 2.48. The second-order valence-corrected chi connectivity index (χ2v) is 6.07. The standard InChI is InChI=1S/C18H27NO/c1-3-5-9-15(4-2)14-19-17(20)18(12-13-18)16-10-7-6-8-11-16/h6-8,10-11,15H,3-5,9,12-14H2,1-2H3,(H,19,20). The van der Waals surface area contributed by atoms with Crippen molar-refractivity contribution in [2.75, 3.05) is 6.54 Å². The van der Waals surface area contributed by atoms with Crippen molar-refractivity contribution in [1.29, 1.82) is 0 Å². The van der Waals surface area contributed by atoms with Gasteiger partial charge in [-0.3, -0.25) is 4.79 Å². The summed E-state index contributed by atoms with van der Waals surface area (Å²) >= 11 is 0. The molecule has 0 bridgehead atoms. The van der Waals surface area contributed by atoms with Gasteiger partial charge in [0.05, 0.1) is 5.41 Å². The lowest BCUT2D eigenvalue weighted by Crippen LogP contribution is -2.37. The van der Waals surface area contributed by atoms with Crippen LogP contribution in [0.5, 0.6) is 0 Å². The quantitative estimate of drug-likeness (QED) is 0.760. The van der Waals surface area contributed by atoms with E-state index in [1.54, 1.807) is 0 Å². The van der Waals surface area contributed by atoms with Crippen molar-refractivity contribution < 1.29 is 4.79 Å². The average molecular weight is 273 g/mol. The zero-order valence-corrected chi connectivity index (χ0v) is 12.8. The summed E-state index contributed by atoms with van der Waals surface area (Å²) in [7, 11) is 0. The van der Waals surface area contributed by atoms with E-state index in [4.69, 9.17) is 0 Å². The summed E-state index contributed by atoms with van der Waals surface area (Å²) in [5.41, 5.74) is 0.962. The maximum Gasteiger partial charge on any atom is 0.230 e. The monoisotopic (exact) mass is 273 g/mol. The van der Waals surface area contributed by atoms with E-state index in [2.05, 4.69) is 31.3 Å². The van der Waals surface area contributed by atoms with Gasteiger partial charge in [0.2, 0.25) is 5.91 Å². The molecule has 0 aromatic heterocycles. The fourth-order valence-electron chi connectivity index (χ4n) is 2.88. The van der Waals surface area contributed by atoms with Crippen LogP contribution in [0.15, 0.2) is 30.3 Å². The first-order chi connectivity index (χ1) is 9.73. The molecule has 2 nitrogen and oxygen atoms in total. The maximum absolute atomic E-state index is 12.5. The molecule has 110 valence electrons. The Hall–Kier alpha value is -1.31. The first kappa shape index (κ1) is 15.1. The van der Waals surface area contributed by atoms with Gasteiger partial charge in [0, 0.05) is 6.54 Å². The summed E-state index contributed by atoms with van der Waals surface area (Å²) in [5, 5.41) is 3.20. The molecule has 1 N–H and O–H groups in total. The number of benzene rings is 1. The molecule has 1 fully saturated rings. The summed E-state index contributed by atoms with van der Waals surface area (Å²) in [5.74, 6) is 0.865. The maximum atomic E-state index is 12.5. The molecule has 1 aromatic rings. The van der Waals surface area contributed by atoms with Gasteiger partial charge in [-0.1, -0.05) is 63.4 Å². The molecular weight excluding hydrogens is 246 g/mol. The lowest BCUT2D eigenvalue weighted by molar-refractivity contribution is -0.123. The Bertz CT molecular complexity index is 422. The first-order valence-electron chi connectivity index (χ1n) is 8.06. The molecule has 1 unspecified atom stereocenters. The van der Waals surface area contributed by atoms with E-state index >= 15 is 0 Å². The summed E-state index contributed by atoms with van der Waals surface area (Å²) in [6, 6.07) is 10.2. The highest BCUT2D eigenvalue weighted by Gasteiger charge is 2.50. The minimum Gasteiger partial charge on any atom is -0.355 e. The third-order valence-corrected chi connectivity index (χ3v) is 4.61. The molecule has 0 saturated heterocycles. The largest absolute Gasteiger partial charge is 0.355 e. The van der Waals surface area contributed by atoms with Crippen molar-refractivity contribution in [2.45, 2.75) is 57.8 Å². The molecular formula is C18H27NO. The van der Waals surface area contributed by atoms with Crippen LogP contribution in [0.4, 0.5) is 0 Å². The summed E-state index contributed by atoms with van der Waals surface area (Å²) < 4.78 is 0. The molecule has 1 saturated carbocycles. The third-order valence-electron chi connectivity index (χ3n) is 4.61. The molecule has 0 heterocycles. The molecule has 2 heteroatoms. The van der Waals surface area contributed by atoms with Gasteiger partial charge >= 0.3 is 0 Å². The molecule has 1 aromatic carbocycles. The molecule has 2 rings (SSSR count). The molecule has 0 radical (unpaired) electrons. The van der Waals surface area contributed by atoms with Crippen LogP contribution in [-0.4, -0.2) is 12.5 Å². The van der Waals surface area contributed by atoms with Crippen molar-refractivity contribution >= 4 is 5.91 Å². The van der Waals surface area contributed by atoms with Crippen LogP contribution < -0.4 is 5.32 Å². The number of unbranched alkanes of at least 4 members (excludes halogenated alkanes) is 1. The first-order valence-corrected chi connectivity index (χ1v) is 8.06. The Balaban J connectivity index is 1.89. The predicted octanol–water partition coefficient (Wildman–Crippen LogP) is 4.05. The summed E-state index contributed by atoms with van der Waals surface area (Å²) in [4.78, 5) is 12.5. The molecule has 1 aliphatic rings. The van der Waals surface area contributed by atoms with Crippen LogP contribution in [0.2, 0.25) is 0 Å². The van der Waals surface area contributed by atoms with Crippen LogP contribution in [0, 0.1) is 5.92 Å². The van der Waals surface area contributed by atoms with Crippen molar-refractivity contribution in [1.82, 2.24) is 5.32 Å². The van der Waals surface area contributed by atoms with Gasteiger partial charge in [-0.05, 0) is 30.7 Å². The second kappa shape index (κ2) is 6.92. The van der Waals surface area contributed by atoms with Crippen molar-refractivity contribution in [3.63, 3.8) is 0 Å². The third kappa shape index (κ3) is 3.41. The van der Waals surface area contributed by atoms with Crippen LogP contribution >= 0.6 is 0 Å². The van der Waals surface area contributed by atoms with Crippen molar-refractivity contribution in [2.24, 2.45) is 5.92 Å². The topological polar surface area (TPSA) is 29.1 Å². The number of nitrogens with one attached hydrogen (secondary N) is 1. The highest BCUT2D eigenvalue weighted by molar-refractivity contribution is 5.91. The lowest BCUT2D eigenvalue weighted by Gasteiger charge is -2.19. The van der Waals surface area contributed by atoms with Gasteiger partial charge in [-0.25, -0.2) is 0 Å². The van der Waals surface area contributed by atoms with E-state index in [9.17, 15) is 4.79 Å². The molecule has 20 heavy (non-hydrogen) atoms. The number of rotatable bonds is 8. The smallest absolute Gasteiger partial charge is 0.230 e. The van der Waals surface area contributed by atoms with E-state index in [1.807, 2.05) is 18.2 Å². The van der Waals surface area contributed by atoms with Gasteiger partial charge < -0.3 is 5.32 Å². The molecule has 1 aliphatic carbocycles. The number of hydrogen-bond donors (Lipinski definition) is 1. The van der Waals surface area contributed by atoms with Gasteiger partial charge in [-0.15, -0.1) is 0 Å². The SMILES string of the molecule is CCCCC(CC)CNC(=O)C1(c2ccccc2)CC1. The van der Waals surface area contributed by atoms with Crippen LogP contribution in [0.1, 0.15) is 57.9 Å². The highest BCUT2D eigenvalue weighted by atomic mass is 16.2. The van der Waals surface area contributed by atoms with Gasteiger partial charge in [-0.2, -0.15) is 0 Å². The Morgan fingerprint density at radius 1 is 1.25 bits per heavy atom. The van der Waals surface area contributed by atoms with E-state index < -0.39 is 0 Å². The van der Waals surface area contributed by atoms with Gasteiger partial charge in [0.25, 0.3) is 0 Å². The van der Waals surface area contributed by atoms with Crippen molar-refractivity contribution in [3.05, 3.63) is 35.9 Å². The average Bonchev–Trinajstić information content (AvgIpc) is 3.30. The zero-order valence-electron chi connectivity index (χ0n) is 12.8. The number of carbonyl (C=O) groups excluding carboxylic acids is 1. The van der Waals surface area contributed by atoms with Crippen LogP contribution in [0.25, 0.3) is 0 Å². The van der Waals surface area contributed by atoms with Crippen LogP contribution in [0.3, 0.4) is 0 Å². The summed E-state index contributed by atoms with van der Waals surface area (Å²) in [6.45, 7) is 5.28. The summed E-state index contributed by atoms with van der Waals surface area (Å²) in [6.07, 6.45) is 6.87. The number of amides is 1. The molecule has 0 aliphatic heterocycles. The van der Waals surface area contributed by atoms with E-state index in [1.165, 1.54) is 24.8 Å². The van der Waals surface area contributed by atoms with Crippen LogP contribution in [-0.2, 0) is 10.2 Å². The second-order valence-electron chi connectivity index (χ2n) is 6.07.